The summed E-state index contributed by atoms with van der Waals surface area (Å²) in [4.78, 5) is 23.2. The molecule has 8 heteroatoms. The van der Waals surface area contributed by atoms with Crippen molar-refractivity contribution in [1.29, 1.82) is 0 Å². The minimum absolute atomic E-state index is 0.241. The number of rotatable bonds is 5. The van der Waals surface area contributed by atoms with Crippen LogP contribution in [0.5, 0.6) is 0 Å². The Morgan fingerprint density at radius 3 is 2.75 bits per heavy atom. The van der Waals surface area contributed by atoms with Gasteiger partial charge < -0.3 is 15.2 Å². The van der Waals surface area contributed by atoms with Gasteiger partial charge in [-0.2, -0.15) is 5.10 Å². The Morgan fingerprint density at radius 2 is 2.25 bits per heavy atom. The number of carbonyl (C=O) groups is 1. The third-order valence-electron chi connectivity index (χ3n) is 2.99. The van der Waals surface area contributed by atoms with E-state index in [0.29, 0.717) is 5.69 Å². The van der Waals surface area contributed by atoms with E-state index in [-0.39, 0.29) is 11.0 Å². The lowest BCUT2D eigenvalue weighted by Gasteiger charge is -2.30. The van der Waals surface area contributed by atoms with Gasteiger partial charge in [-0.1, -0.05) is 0 Å². The van der Waals surface area contributed by atoms with Crippen LogP contribution >= 0.6 is 15.9 Å². The van der Waals surface area contributed by atoms with Crippen molar-refractivity contribution in [3.8, 4) is 0 Å². The molecule has 112 valence electrons. The van der Waals surface area contributed by atoms with Crippen molar-refractivity contribution in [2.45, 2.75) is 39.0 Å². The summed E-state index contributed by atoms with van der Waals surface area (Å²) in [6.45, 7) is 4.98. The third kappa shape index (κ3) is 3.80. The van der Waals surface area contributed by atoms with Crippen LogP contribution in [0.2, 0.25) is 0 Å². The van der Waals surface area contributed by atoms with Crippen molar-refractivity contribution in [2.75, 3.05) is 12.4 Å². The molecule has 1 rings (SSSR count). The van der Waals surface area contributed by atoms with Gasteiger partial charge in [-0.15, -0.1) is 0 Å². The fraction of sp³-hybridized carbons (Fsp3) is 0.583. The maximum Gasteiger partial charge on any atom is 0.327 e. The van der Waals surface area contributed by atoms with Crippen molar-refractivity contribution < 1.29 is 14.6 Å². The molecule has 2 N–H and O–H groups in total. The molecule has 0 saturated heterocycles. The summed E-state index contributed by atoms with van der Waals surface area (Å²) in [5.74, 6) is -0.559. The highest BCUT2D eigenvalue weighted by atomic mass is 79.9. The Bertz CT molecular complexity index is 554. The normalized spacial score (nSPS) is 12.9. The number of halogens is 1. The second-order valence-electron chi connectivity index (χ2n) is 4.93. The van der Waals surface area contributed by atoms with E-state index in [4.69, 9.17) is 0 Å². The Hall–Kier alpha value is -1.41. The van der Waals surface area contributed by atoms with Crippen LogP contribution in [0.15, 0.2) is 15.5 Å². The minimum atomic E-state index is -0.634. The molecule has 1 aromatic heterocycles. The van der Waals surface area contributed by atoms with Crippen LogP contribution in [0.25, 0.3) is 0 Å². The zero-order chi connectivity index (χ0) is 15.5. The van der Waals surface area contributed by atoms with Crippen LogP contribution < -0.4 is 10.9 Å². The molecule has 1 aromatic rings. The van der Waals surface area contributed by atoms with E-state index < -0.39 is 23.2 Å². The number of anilines is 1. The first kappa shape index (κ1) is 16.6. The number of aromatic nitrogens is 2. The lowest BCUT2D eigenvalue weighted by molar-refractivity contribution is -0.141. The van der Waals surface area contributed by atoms with Gasteiger partial charge in [0.1, 0.15) is 11.0 Å². The number of nitrogens with zero attached hydrogens (tertiary/aromatic N) is 2. The Kier molecular flexibility index (Phi) is 5.29. The smallest absolute Gasteiger partial charge is 0.327 e. The van der Waals surface area contributed by atoms with Gasteiger partial charge in [0.15, 0.2) is 0 Å². The predicted octanol–water partition coefficient (Wildman–Crippen LogP) is 0.750. The topological polar surface area (TPSA) is 93.5 Å². The molecule has 0 spiro atoms. The largest absolute Gasteiger partial charge is 0.468 e. The third-order valence-corrected chi connectivity index (χ3v) is 3.76. The highest BCUT2D eigenvalue weighted by molar-refractivity contribution is 9.10. The molecule has 0 aliphatic heterocycles. The summed E-state index contributed by atoms with van der Waals surface area (Å²) in [5, 5.41) is 16.6. The monoisotopic (exact) mass is 347 g/mol. The lowest BCUT2D eigenvalue weighted by Crippen LogP contribution is -2.42. The highest BCUT2D eigenvalue weighted by Gasteiger charge is 2.25. The van der Waals surface area contributed by atoms with Crippen molar-refractivity contribution in [1.82, 2.24) is 9.78 Å². The highest BCUT2D eigenvalue weighted by Crippen LogP contribution is 2.22. The second-order valence-corrected chi connectivity index (χ2v) is 5.73. The van der Waals surface area contributed by atoms with Gasteiger partial charge in [0.2, 0.25) is 0 Å². The molecule has 7 nitrogen and oxygen atoms in total. The summed E-state index contributed by atoms with van der Waals surface area (Å²) in [6.07, 6.45) is 0.783. The average molecular weight is 348 g/mol. The van der Waals surface area contributed by atoms with Gasteiger partial charge in [0, 0.05) is 0 Å². The molecule has 0 amide bonds. The van der Waals surface area contributed by atoms with Crippen LogP contribution in [0.4, 0.5) is 5.69 Å². The summed E-state index contributed by atoms with van der Waals surface area (Å²) in [5.41, 5.74) is -0.644. The number of nitrogens with one attached hydrogen (secondary N) is 1. The molecule has 0 bridgehead atoms. The zero-order valence-electron chi connectivity index (χ0n) is 11.8. The molecule has 20 heavy (non-hydrogen) atoms. The molecule has 0 saturated carbocycles. The van der Waals surface area contributed by atoms with Crippen LogP contribution in [0.3, 0.4) is 0 Å². The molecular weight excluding hydrogens is 330 g/mol. The number of aliphatic hydroxyl groups excluding tert-OH is 1. The first-order valence-electron chi connectivity index (χ1n) is 5.97. The van der Waals surface area contributed by atoms with Gasteiger partial charge in [-0.3, -0.25) is 9.59 Å². The summed E-state index contributed by atoms with van der Waals surface area (Å²) >= 11 is 3.18. The van der Waals surface area contributed by atoms with E-state index in [2.05, 4.69) is 31.1 Å². The molecule has 0 aliphatic rings. The molecule has 1 heterocycles. The van der Waals surface area contributed by atoms with Crippen LogP contribution in [-0.2, 0) is 16.1 Å². The number of hydrogen-bond donors (Lipinski definition) is 2. The quantitative estimate of drug-likeness (QED) is 0.763. The predicted molar refractivity (Wildman–Crippen MR) is 77.6 cm³/mol. The molecule has 0 aromatic carbocycles. The number of carbonyl (C=O) groups excluding carboxylic acids is 1. The maximum atomic E-state index is 12.0. The summed E-state index contributed by atoms with van der Waals surface area (Å²) in [7, 11) is 1.24. The van der Waals surface area contributed by atoms with E-state index in [0.717, 1.165) is 4.68 Å². The fourth-order valence-corrected chi connectivity index (χ4v) is 1.71. The van der Waals surface area contributed by atoms with Gasteiger partial charge in [0.05, 0.1) is 30.6 Å². The number of methoxy groups -OCH3 is 1. The minimum Gasteiger partial charge on any atom is -0.468 e. The average Bonchev–Trinajstić information content (AvgIpc) is 2.37. The number of ether oxygens (including phenoxy) is 1. The van der Waals surface area contributed by atoms with E-state index in [9.17, 15) is 14.7 Å². The first-order chi connectivity index (χ1) is 9.19. The van der Waals surface area contributed by atoms with Gasteiger partial charge in [-0.25, -0.2) is 4.68 Å². The molecule has 1 atom stereocenters. The first-order valence-corrected chi connectivity index (χ1v) is 6.77. The van der Waals surface area contributed by atoms with E-state index in [1.165, 1.54) is 13.3 Å². The molecule has 0 radical (unpaired) electrons. The van der Waals surface area contributed by atoms with Crippen LogP contribution in [0.1, 0.15) is 20.8 Å². The Labute approximate surface area is 125 Å². The Balaban J connectivity index is 3.07. The van der Waals surface area contributed by atoms with Gasteiger partial charge >= 0.3 is 5.97 Å². The summed E-state index contributed by atoms with van der Waals surface area (Å²) < 4.78 is 5.73. The Morgan fingerprint density at radius 1 is 1.65 bits per heavy atom. The van der Waals surface area contributed by atoms with Crippen LogP contribution in [-0.4, -0.2) is 39.6 Å². The van der Waals surface area contributed by atoms with E-state index in [1.807, 2.05) is 0 Å². The van der Waals surface area contributed by atoms with Gasteiger partial charge in [0.25, 0.3) is 5.56 Å². The zero-order valence-corrected chi connectivity index (χ0v) is 13.4. The summed E-state index contributed by atoms with van der Waals surface area (Å²) in [6, 6.07) is 0. The SMILES string of the molecule is COC(=O)Cn1ncc(NC(C)(C)C(C)O)c(Br)c1=O. The van der Waals surface area contributed by atoms with E-state index in [1.54, 1.807) is 20.8 Å². The number of aliphatic hydroxyl groups is 1. The number of esters is 1. The van der Waals surface area contributed by atoms with Crippen LogP contribution in [0, 0.1) is 0 Å². The van der Waals surface area contributed by atoms with Crippen molar-refractivity contribution in [2.24, 2.45) is 0 Å². The molecular formula is C12H18BrN3O4. The standard InChI is InChI=1S/C12H18BrN3O4/c1-7(17)12(2,3)15-8-5-14-16(6-9(18)20-4)11(19)10(8)13/h5,7,15,17H,6H2,1-4H3. The van der Waals surface area contributed by atoms with Crippen molar-refractivity contribution in [3.05, 3.63) is 21.0 Å². The second kappa shape index (κ2) is 6.36. The lowest BCUT2D eigenvalue weighted by atomic mass is 9.98. The molecule has 0 fully saturated rings. The maximum absolute atomic E-state index is 12.0. The molecule has 0 aliphatic carbocycles. The number of hydrogen-bond acceptors (Lipinski definition) is 6. The van der Waals surface area contributed by atoms with Crippen molar-refractivity contribution >= 4 is 27.6 Å². The van der Waals surface area contributed by atoms with Gasteiger partial charge in [-0.05, 0) is 36.7 Å². The molecule has 1 unspecified atom stereocenters. The van der Waals surface area contributed by atoms with Crippen molar-refractivity contribution in [3.63, 3.8) is 0 Å². The fourth-order valence-electron chi connectivity index (χ4n) is 1.30. The van der Waals surface area contributed by atoms with E-state index >= 15 is 0 Å².